The van der Waals surface area contributed by atoms with Crippen molar-refractivity contribution in [1.82, 2.24) is 14.7 Å². The minimum absolute atomic E-state index is 0.0360. The molecule has 2 aliphatic rings. The first-order valence-corrected chi connectivity index (χ1v) is 7.29. The Morgan fingerprint density at radius 3 is 2.70 bits per heavy atom. The standard InChI is InChI=1S/C15H24N4O/c1-14(2)5-10-6-15(3,8-14)9-19(10)13(20)12-11(16)7-17-18(12)4/h7,10H,5-6,8-9,16H2,1-4H3. The number of fused-ring (bicyclic) bond motifs is 2. The minimum atomic E-state index is 0.0360. The Morgan fingerprint density at radius 1 is 1.40 bits per heavy atom. The van der Waals surface area contributed by atoms with Gasteiger partial charge in [0.1, 0.15) is 5.69 Å². The summed E-state index contributed by atoms with van der Waals surface area (Å²) in [7, 11) is 1.78. The predicted octanol–water partition coefficient (Wildman–Crippen LogP) is 2.04. The molecule has 110 valence electrons. The van der Waals surface area contributed by atoms with E-state index in [9.17, 15) is 4.79 Å². The molecule has 2 unspecified atom stereocenters. The fraction of sp³-hybridized carbons (Fsp3) is 0.733. The normalized spacial score (nSPS) is 31.6. The predicted molar refractivity (Wildman–Crippen MR) is 78.2 cm³/mol. The zero-order valence-electron chi connectivity index (χ0n) is 12.8. The number of nitrogens with zero attached hydrogens (tertiary/aromatic N) is 3. The van der Waals surface area contributed by atoms with Gasteiger partial charge in [-0.2, -0.15) is 5.10 Å². The van der Waals surface area contributed by atoms with Crippen molar-refractivity contribution in [1.29, 1.82) is 0 Å². The number of aromatic nitrogens is 2. The second-order valence-electron chi connectivity index (χ2n) is 7.72. The molecule has 3 rings (SSSR count). The fourth-order valence-corrected chi connectivity index (χ4v) is 4.55. The lowest BCUT2D eigenvalue weighted by molar-refractivity contribution is 0.0698. The van der Waals surface area contributed by atoms with Crippen molar-refractivity contribution >= 4 is 11.6 Å². The second kappa shape index (κ2) is 3.99. The second-order valence-corrected chi connectivity index (χ2v) is 7.72. The van der Waals surface area contributed by atoms with Crippen LogP contribution in [0.25, 0.3) is 0 Å². The van der Waals surface area contributed by atoms with E-state index < -0.39 is 0 Å². The first-order chi connectivity index (χ1) is 9.21. The molecule has 1 saturated carbocycles. The van der Waals surface area contributed by atoms with Crippen LogP contribution >= 0.6 is 0 Å². The van der Waals surface area contributed by atoms with Crippen molar-refractivity contribution in [3.63, 3.8) is 0 Å². The van der Waals surface area contributed by atoms with Gasteiger partial charge in [0.15, 0.2) is 0 Å². The molecule has 1 aliphatic carbocycles. The first-order valence-electron chi connectivity index (χ1n) is 7.29. The minimum Gasteiger partial charge on any atom is -0.396 e. The first kappa shape index (κ1) is 13.5. The van der Waals surface area contributed by atoms with Crippen LogP contribution in [0.3, 0.4) is 0 Å². The zero-order valence-corrected chi connectivity index (χ0v) is 12.8. The average Bonchev–Trinajstić information content (AvgIpc) is 2.74. The summed E-state index contributed by atoms with van der Waals surface area (Å²) in [6.45, 7) is 7.76. The largest absolute Gasteiger partial charge is 0.396 e. The fourth-order valence-electron chi connectivity index (χ4n) is 4.55. The van der Waals surface area contributed by atoms with E-state index in [2.05, 4.69) is 25.9 Å². The topological polar surface area (TPSA) is 64.2 Å². The SMILES string of the molecule is Cn1ncc(N)c1C(=O)N1CC2(C)CC1CC(C)(C)C2. The summed E-state index contributed by atoms with van der Waals surface area (Å²) in [5.41, 5.74) is 7.46. The summed E-state index contributed by atoms with van der Waals surface area (Å²) in [5.74, 6) is 0.0360. The van der Waals surface area contributed by atoms with Crippen LogP contribution in [-0.2, 0) is 7.05 Å². The maximum atomic E-state index is 12.8. The molecule has 5 nitrogen and oxygen atoms in total. The zero-order chi connectivity index (χ0) is 14.7. The van der Waals surface area contributed by atoms with Crippen LogP contribution in [0.4, 0.5) is 5.69 Å². The van der Waals surface area contributed by atoms with Gasteiger partial charge in [0, 0.05) is 19.6 Å². The van der Waals surface area contributed by atoms with Gasteiger partial charge in [-0.25, -0.2) is 0 Å². The van der Waals surface area contributed by atoms with E-state index in [0.29, 0.717) is 22.8 Å². The molecule has 2 atom stereocenters. The van der Waals surface area contributed by atoms with Crippen LogP contribution in [-0.4, -0.2) is 33.2 Å². The van der Waals surface area contributed by atoms with Crippen molar-refractivity contribution in [2.45, 2.75) is 46.1 Å². The van der Waals surface area contributed by atoms with Gasteiger partial charge in [-0.05, 0) is 30.1 Å². The Balaban J connectivity index is 1.91. The Hall–Kier alpha value is -1.52. The third kappa shape index (κ3) is 2.00. The van der Waals surface area contributed by atoms with Gasteiger partial charge in [0.05, 0.1) is 11.9 Å². The number of likely N-dealkylation sites (tertiary alicyclic amines) is 1. The van der Waals surface area contributed by atoms with Crippen LogP contribution in [0.5, 0.6) is 0 Å². The molecule has 2 bridgehead atoms. The highest BCUT2D eigenvalue weighted by Crippen LogP contribution is 2.52. The Kier molecular flexibility index (Phi) is 2.69. The van der Waals surface area contributed by atoms with Crippen LogP contribution in [0.2, 0.25) is 0 Å². The molecule has 1 aromatic rings. The van der Waals surface area contributed by atoms with Gasteiger partial charge in [-0.15, -0.1) is 0 Å². The third-order valence-corrected chi connectivity index (χ3v) is 4.85. The highest BCUT2D eigenvalue weighted by Gasteiger charge is 2.51. The summed E-state index contributed by atoms with van der Waals surface area (Å²) >= 11 is 0. The van der Waals surface area contributed by atoms with E-state index in [-0.39, 0.29) is 11.3 Å². The number of nitrogen functional groups attached to an aromatic ring is 1. The number of rotatable bonds is 1. The van der Waals surface area contributed by atoms with E-state index in [4.69, 9.17) is 5.73 Å². The maximum absolute atomic E-state index is 12.8. The number of anilines is 1. The van der Waals surface area contributed by atoms with Crippen LogP contribution in [0.1, 0.15) is 50.5 Å². The number of aryl methyl sites for hydroxylation is 1. The van der Waals surface area contributed by atoms with E-state index in [1.54, 1.807) is 17.9 Å². The lowest BCUT2D eigenvalue weighted by Gasteiger charge is -2.39. The molecule has 1 aliphatic heterocycles. The van der Waals surface area contributed by atoms with Crippen molar-refractivity contribution in [2.24, 2.45) is 17.9 Å². The smallest absolute Gasteiger partial charge is 0.274 e. The molecule has 0 radical (unpaired) electrons. The highest BCUT2D eigenvalue weighted by molar-refractivity contribution is 5.97. The van der Waals surface area contributed by atoms with Crippen molar-refractivity contribution in [3.8, 4) is 0 Å². The van der Waals surface area contributed by atoms with Gasteiger partial charge in [-0.3, -0.25) is 9.48 Å². The lowest BCUT2D eigenvalue weighted by atomic mass is 9.65. The molecule has 5 heteroatoms. The van der Waals surface area contributed by atoms with Crippen LogP contribution in [0, 0.1) is 10.8 Å². The number of carbonyl (C=O) groups excluding carboxylic acids is 1. The van der Waals surface area contributed by atoms with E-state index in [0.717, 1.165) is 19.4 Å². The number of carbonyl (C=O) groups is 1. The summed E-state index contributed by atoms with van der Waals surface area (Å²) in [6, 6.07) is 0.338. The van der Waals surface area contributed by atoms with E-state index in [1.807, 2.05) is 4.90 Å². The number of hydrogen-bond donors (Lipinski definition) is 1. The quantitative estimate of drug-likeness (QED) is 0.853. The average molecular weight is 276 g/mol. The van der Waals surface area contributed by atoms with Crippen LogP contribution < -0.4 is 5.73 Å². The molecule has 20 heavy (non-hydrogen) atoms. The summed E-state index contributed by atoms with van der Waals surface area (Å²) in [4.78, 5) is 14.9. The maximum Gasteiger partial charge on any atom is 0.274 e. The summed E-state index contributed by atoms with van der Waals surface area (Å²) < 4.78 is 1.59. The van der Waals surface area contributed by atoms with E-state index in [1.165, 1.54) is 6.42 Å². The van der Waals surface area contributed by atoms with Crippen molar-refractivity contribution in [3.05, 3.63) is 11.9 Å². The summed E-state index contributed by atoms with van der Waals surface area (Å²) in [6.07, 6.45) is 4.92. The number of nitrogens with two attached hydrogens (primary N) is 1. The van der Waals surface area contributed by atoms with Gasteiger partial charge >= 0.3 is 0 Å². The molecule has 2 fully saturated rings. The number of hydrogen-bond acceptors (Lipinski definition) is 3. The Morgan fingerprint density at radius 2 is 2.10 bits per heavy atom. The molecule has 2 heterocycles. The molecule has 1 amide bonds. The molecule has 0 aromatic carbocycles. The van der Waals surface area contributed by atoms with E-state index >= 15 is 0 Å². The summed E-state index contributed by atoms with van der Waals surface area (Å²) in [5, 5.41) is 4.08. The molecule has 1 saturated heterocycles. The monoisotopic (exact) mass is 276 g/mol. The van der Waals surface area contributed by atoms with Gasteiger partial charge in [0.2, 0.25) is 0 Å². The van der Waals surface area contributed by atoms with Crippen molar-refractivity contribution in [2.75, 3.05) is 12.3 Å². The Labute approximate surface area is 120 Å². The highest BCUT2D eigenvalue weighted by atomic mass is 16.2. The number of amides is 1. The van der Waals surface area contributed by atoms with Crippen LogP contribution in [0.15, 0.2) is 6.20 Å². The third-order valence-electron chi connectivity index (χ3n) is 4.85. The molecular weight excluding hydrogens is 252 g/mol. The molecule has 1 aromatic heterocycles. The Bertz CT molecular complexity index is 543. The molecular formula is C15H24N4O. The van der Waals surface area contributed by atoms with Gasteiger partial charge < -0.3 is 10.6 Å². The van der Waals surface area contributed by atoms with Gasteiger partial charge in [0.25, 0.3) is 5.91 Å². The van der Waals surface area contributed by atoms with Crippen molar-refractivity contribution < 1.29 is 4.79 Å². The van der Waals surface area contributed by atoms with Gasteiger partial charge in [-0.1, -0.05) is 20.8 Å². The molecule has 2 N–H and O–H groups in total. The molecule has 0 spiro atoms. The lowest BCUT2D eigenvalue weighted by Crippen LogP contribution is -2.38.